The van der Waals surface area contributed by atoms with Crippen LogP contribution in [0.25, 0.3) is 0 Å². The molecule has 1 aromatic rings. The molecule has 0 fully saturated rings. The molecule has 6 nitrogen and oxygen atoms in total. The summed E-state index contributed by atoms with van der Waals surface area (Å²) in [6.07, 6.45) is 0.166. The lowest BCUT2D eigenvalue weighted by Crippen LogP contribution is -2.44. The van der Waals surface area contributed by atoms with Crippen LogP contribution in [0.15, 0.2) is 24.3 Å². The Balaban J connectivity index is 2.88. The summed E-state index contributed by atoms with van der Waals surface area (Å²) in [6.45, 7) is 12.2. The minimum absolute atomic E-state index is 0.107. The smallest absolute Gasteiger partial charge is 0.252 e. The number of carbonyl (C=O) groups is 3. The van der Waals surface area contributed by atoms with Crippen LogP contribution in [0.1, 0.15) is 44.5 Å². The number of carbonyl (C=O) groups excluding carboxylic acids is 3. The monoisotopic (exact) mass is 387 g/mol. The number of hydrogen-bond acceptors (Lipinski definition) is 3. The van der Waals surface area contributed by atoms with Crippen LogP contribution in [0.2, 0.25) is 18.1 Å². The summed E-state index contributed by atoms with van der Waals surface area (Å²) in [5.74, 6) is 1.74. The summed E-state index contributed by atoms with van der Waals surface area (Å²) >= 11 is 0. The number of primary amides is 1. The lowest BCUT2D eigenvalue weighted by Gasteiger charge is -2.31. The van der Waals surface area contributed by atoms with Gasteiger partial charge >= 0.3 is 0 Å². The Morgan fingerprint density at radius 2 is 1.85 bits per heavy atom. The van der Waals surface area contributed by atoms with Crippen molar-refractivity contribution in [3.8, 4) is 11.5 Å². The van der Waals surface area contributed by atoms with E-state index in [4.69, 9.17) is 5.73 Å². The van der Waals surface area contributed by atoms with Crippen molar-refractivity contribution < 1.29 is 14.4 Å². The van der Waals surface area contributed by atoms with E-state index in [1.54, 1.807) is 18.2 Å². The molecule has 0 heterocycles. The third-order valence-electron chi connectivity index (χ3n) is 4.68. The number of anilines is 1. The van der Waals surface area contributed by atoms with Crippen molar-refractivity contribution in [2.45, 2.75) is 58.3 Å². The summed E-state index contributed by atoms with van der Waals surface area (Å²) < 4.78 is 0. The van der Waals surface area contributed by atoms with Crippen LogP contribution in [0, 0.1) is 11.5 Å². The fourth-order valence-corrected chi connectivity index (χ4v) is 2.89. The van der Waals surface area contributed by atoms with Crippen LogP contribution in [-0.4, -0.2) is 31.8 Å². The number of nitrogens with two attached hydrogens (primary N) is 1. The van der Waals surface area contributed by atoms with Crippen LogP contribution in [0.5, 0.6) is 0 Å². The van der Waals surface area contributed by atoms with Crippen LogP contribution >= 0.6 is 0 Å². The minimum Gasteiger partial charge on any atom is -0.368 e. The summed E-state index contributed by atoms with van der Waals surface area (Å²) in [5, 5.41) is 5.34. The Labute approximate surface area is 162 Å². The highest BCUT2D eigenvalue weighted by atomic mass is 28.3. The minimum atomic E-state index is -1.80. The topological polar surface area (TPSA) is 101 Å². The maximum atomic E-state index is 12.4. The third kappa shape index (κ3) is 6.91. The molecule has 0 unspecified atom stereocenters. The molecule has 0 radical (unpaired) electrons. The summed E-state index contributed by atoms with van der Waals surface area (Å²) in [7, 11) is -1.80. The van der Waals surface area contributed by atoms with E-state index in [-0.39, 0.29) is 17.4 Å². The average Bonchev–Trinajstić information content (AvgIpc) is 2.52. The third-order valence-corrected chi connectivity index (χ3v) is 9.23. The predicted octanol–water partition coefficient (Wildman–Crippen LogP) is 2.67. The number of benzene rings is 1. The van der Waals surface area contributed by atoms with Crippen molar-refractivity contribution in [3.63, 3.8) is 0 Å². The largest absolute Gasteiger partial charge is 0.368 e. The highest BCUT2D eigenvalue weighted by Gasteiger charge is 2.33. The summed E-state index contributed by atoms with van der Waals surface area (Å²) in [6, 6.07) is 5.58. The molecule has 1 aromatic carbocycles. The van der Waals surface area contributed by atoms with E-state index in [2.05, 4.69) is 56.0 Å². The van der Waals surface area contributed by atoms with E-state index < -0.39 is 25.9 Å². The van der Waals surface area contributed by atoms with Crippen molar-refractivity contribution in [2.75, 3.05) is 5.32 Å². The van der Waals surface area contributed by atoms with Gasteiger partial charge in [0.15, 0.2) is 0 Å². The molecule has 0 aliphatic heterocycles. The first kappa shape index (κ1) is 22.4. The van der Waals surface area contributed by atoms with Crippen LogP contribution < -0.4 is 16.4 Å². The Hall–Kier alpha value is -2.59. The fourth-order valence-electron chi connectivity index (χ4n) is 1.97. The Morgan fingerprint density at radius 3 is 2.37 bits per heavy atom. The first-order chi connectivity index (χ1) is 12.3. The van der Waals surface area contributed by atoms with Crippen molar-refractivity contribution in [1.29, 1.82) is 0 Å². The summed E-state index contributed by atoms with van der Waals surface area (Å²) in [4.78, 5) is 35.3. The van der Waals surface area contributed by atoms with Gasteiger partial charge in [0.25, 0.3) is 5.91 Å². The van der Waals surface area contributed by atoms with Gasteiger partial charge in [-0.25, -0.2) is 0 Å². The van der Waals surface area contributed by atoms with Gasteiger partial charge in [-0.05, 0) is 23.2 Å². The van der Waals surface area contributed by atoms with Gasteiger partial charge in [-0.2, -0.15) is 0 Å². The van der Waals surface area contributed by atoms with Crippen molar-refractivity contribution in [1.82, 2.24) is 5.32 Å². The van der Waals surface area contributed by atoms with Gasteiger partial charge in [-0.15, -0.1) is 11.5 Å². The SMILES string of the molecule is CC(=O)Nc1cccc(C(=O)N[C@H](CC#C[Si](C)(C)C(C)(C)C)C(N)=O)c1. The van der Waals surface area contributed by atoms with E-state index >= 15 is 0 Å². The predicted molar refractivity (Wildman–Crippen MR) is 111 cm³/mol. The second kappa shape index (κ2) is 8.87. The van der Waals surface area contributed by atoms with Gasteiger partial charge < -0.3 is 16.4 Å². The Bertz CT molecular complexity index is 786. The number of rotatable bonds is 5. The molecule has 0 bridgehead atoms. The molecule has 0 saturated carbocycles. The molecule has 1 atom stereocenters. The van der Waals surface area contributed by atoms with Gasteiger partial charge in [0.05, 0.1) is 0 Å². The van der Waals surface area contributed by atoms with E-state index in [0.717, 1.165) is 0 Å². The van der Waals surface area contributed by atoms with Gasteiger partial charge in [-0.1, -0.05) is 39.9 Å². The Morgan fingerprint density at radius 1 is 1.22 bits per heavy atom. The zero-order chi connectivity index (χ0) is 20.8. The van der Waals surface area contributed by atoms with Gasteiger partial charge in [0.2, 0.25) is 11.8 Å². The molecule has 1 rings (SSSR count). The first-order valence-electron chi connectivity index (χ1n) is 8.81. The van der Waals surface area contributed by atoms with Crippen molar-refractivity contribution >= 4 is 31.5 Å². The highest BCUT2D eigenvalue weighted by molar-refractivity contribution is 6.87. The maximum Gasteiger partial charge on any atom is 0.252 e. The van der Waals surface area contributed by atoms with Crippen molar-refractivity contribution in [3.05, 3.63) is 29.8 Å². The zero-order valence-corrected chi connectivity index (χ0v) is 17.9. The lowest BCUT2D eigenvalue weighted by molar-refractivity contribution is -0.119. The molecule has 3 amide bonds. The lowest BCUT2D eigenvalue weighted by atomic mass is 10.1. The molecule has 0 aliphatic carbocycles. The second-order valence-corrected chi connectivity index (χ2v) is 13.1. The molecular weight excluding hydrogens is 358 g/mol. The van der Waals surface area contributed by atoms with Gasteiger partial charge in [0, 0.05) is 24.6 Å². The average molecular weight is 388 g/mol. The highest BCUT2D eigenvalue weighted by Crippen LogP contribution is 2.35. The molecule has 146 valence electrons. The second-order valence-electron chi connectivity index (χ2n) is 8.07. The van der Waals surface area contributed by atoms with E-state index in [0.29, 0.717) is 11.3 Å². The van der Waals surface area contributed by atoms with E-state index in [1.165, 1.54) is 13.0 Å². The van der Waals surface area contributed by atoms with Crippen LogP contribution in [-0.2, 0) is 9.59 Å². The van der Waals surface area contributed by atoms with Crippen molar-refractivity contribution in [2.24, 2.45) is 5.73 Å². The quantitative estimate of drug-likeness (QED) is 0.535. The van der Waals surface area contributed by atoms with Gasteiger partial charge in [0.1, 0.15) is 14.1 Å². The molecule has 0 aromatic heterocycles. The molecule has 27 heavy (non-hydrogen) atoms. The Kier molecular flexibility index (Phi) is 7.37. The summed E-state index contributed by atoms with van der Waals surface area (Å²) in [5.41, 5.74) is 9.56. The molecule has 7 heteroatoms. The zero-order valence-electron chi connectivity index (χ0n) is 16.9. The number of hydrogen-bond donors (Lipinski definition) is 3. The van der Waals surface area contributed by atoms with Gasteiger partial charge in [-0.3, -0.25) is 14.4 Å². The standard InChI is InChI=1S/C20H29N3O3Si/c1-14(24)22-16-10-7-9-15(13-16)19(26)23-17(18(21)25)11-8-12-27(5,6)20(2,3)4/h7,9-10,13,17H,11H2,1-6H3,(H2,21,25)(H,22,24)(H,23,26)/t17-/m1/s1. The molecule has 0 aliphatic rings. The maximum absolute atomic E-state index is 12.4. The van der Waals surface area contributed by atoms with E-state index in [9.17, 15) is 14.4 Å². The van der Waals surface area contributed by atoms with Crippen LogP contribution in [0.4, 0.5) is 5.69 Å². The molecule has 0 spiro atoms. The fraction of sp³-hybridized carbons (Fsp3) is 0.450. The van der Waals surface area contributed by atoms with E-state index in [1.807, 2.05) is 0 Å². The number of amides is 3. The molecular formula is C20H29N3O3Si. The van der Waals surface area contributed by atoms with Crippen LogP contribution in [0.3, 0.4) is 0 Å². The molecule has 0 saturated heterocycles. The molecule has 4 N–H and O–H groups in total. The number of nitrogens with one attached hydrogen (secondary N) is 2. The normalized spacial score (nSPS) is 12.4. The first-order valence-corrected chi connectivity index (χ1v) is 11.8.